The molecule has 0 amide bonds. The smallest absolute Gasteiger partial charge is 0.119 e. The van der Waals surface area contributed by atoms with Crippen molar-refractivity contribution in [1.82, 2.24) is 9.78 Å². The maximum absolute atomic E-state index is 5.40. The molecule has 0 saturated heterocycles. The Kier molecular flexibility index (Phi) is 4.00. The molecule has 0 bridgehead atoms. The number of nitrogens with two attached hydrogens (primary N) is 1. The van der Waals surface area contributed by atoms with Crippen LogP contribution in [0.5, 0.6) is 5.75 Å². The summed E-state index contributed by atoms with van der Waals surface area (Å²) in [5, 5.41) is 4.19. The van der Waals surface area contributed by atoms with E-state index in [-0.39, 0.29) is 0 Å². The second kappa shape index (κ2) is 5.89. The number of hydrogen-bond acceptors (Lipinski definition) is 3. The zero-order valence-corrected chi connectivity index (χ0v) is 10.3. The fraction of sp³-hybridized carbons (Fsp3) is 0.214. The molecule has 1 heterocycles. The van der Waals surface area contributed by atoms with Gasteiger partial charge in [0.1, 0.15) is 5.75 Å². The van der Waals surface area contributed by atoms with Gasteiger partial charge < -0.3 is 10.5 Å². The minimum Gasteiger partial charge on any atom is -0.497 e. The van der Waals surface area contributed by atoms with Crippen LogP contribution < -0.4 is 10.5 Å². The quantitative estimate of drug-likeness (QED) is 0.823. The van der Waals surface area contributed by atoms with Crippen LogP contribution in [0.3, 0.4) is 0 Å². The number of methoxy groups -OCH3 is 1. The van der Waals surface area contributed by atoms with E-state index < -0.39 is 0 Å². The zero-order chi connectivity index (χ0) is 12.8. The van der Waals surface area contributed by atoms with Crippen LogP contribution in [0.15, 0.2) is 36.7 Å². The zero-order valence-electron chi connectivity index (χ0n) is 10.3. The van der Waals surface area contributed by atoms with Crippen LogP contribution in [0.25, 0.3) is 0 Å². The minimum atomic E-state index is 0.354. The lowest BCUT2D eigenvalue weighted by atomic mass is 10.1. The lowest BCUT2D eigenvalue weighted by Gasteiger charge is -2.08. The summed E-state index contributed by atoms with van der Waals surface area (Å²) in [6, 6.07) is 7.71. The van der Waals surface area contributed by atoms with E-state index in [0.29, 0.717) is 13.1 Å². The van der Waals surface area contributed by atoms with Gasteiger partial charge in [0.15, 0.2) is 0 Å². The molecule has 0 unspecified atom stereocenters. The van der Waals surface area contributed by atoms with Crippen molar-refractivity contribution < 1.29 is 4.74 Å². The second-order valence-corrected chi connectivity index (χ2v) is 3.73. The van der Waals surface area contributed by atoms with E-state index in [1.54, 1.807) is 13.3 Å². The topological polar surface area (TPSA) is 53.1 Å². The lowest BCUT2D eigenvalue weighted by molar-refractivity contribution is 0.414. The molecule has 18 heavy (non-hydrogen) atoms. The van der Waals surface area contributed by atoms with Crippen LogP contribution in [0, 0.1) is 11.8 Å². The first-order valence-electron chi connectivity index (χ1n) is 5.67. The summed E-state index contributed by atoms with van der Waals surface area (Å²) in [4.78, 5) is 0. The third-order valence-corrected chi connectivity index (χ3v) is 2.53. The molecule has 0 fully saturated rings. The van der Waals surface area contributed by atoms with Crippen molar-refractivity contribution in [2.75, 3.05) is 13.7 Å². The first kappa shape index (κ1) is 12.2. The van der Waals surface area contributed by atoms with Gasteiger partial charge in [-0.25, -0.2) is 0 Å². The van der Waals surface area contributed by atoms with E-state index in [0.717, 1.165) is 16.9 Å². The average molecular weight is 241 g/mol. The summed E-state index contributed by atoms with van der Waals surface area (Å²) < 4.78 is 7.08. The molecule has 0 aliphatic heterocycles. The number of aromatic nitrogens is 2. The van der Waals surface area contributed by atoms with Gasteiger partial charge in [0, 0.05) is 18.0 Å². The van der Waals surface area contributed by atoms with Gasteiger partial charge in [-0.3, -0.25) is 4.68 Å². The summed E-state index contributed by atoms with van der Waals surface area (Å²) in [5.41, 5.74) is 7.43. The Morgan fingerprint density at radius 1 is 1.44 bits per heavy atom. The van der Waals surface area contributed by atoms with Gasteiger partial charge in [0.25, 0.3) is 0 Å². The van der Waals surface area contributed by atoms with Crippen molar-refractivity contribution >= 4 is 0 Å². The Morgan fingerprint density at radius 2 is 2.33 bits per heavy atom. The highest BCUT2D eigenvalue weighted by atomic mass is 16.5. The summed E-state index contributed by atoms with van der Waals surface area (Å²) in [5.74, 6) is 6.75. The number of rotatable bonds is 3. The van der Waals surface area contributed by atoms with Crippen LogP contribution in [0.4, 0.5) is 0 Å². The first-order valence-corrected chi connectivity index (χ1v) is 5.67. The summed E-state index contributed by atoms with van der Waals surface area (Å²) in [6.07, 6.45) is 3.67. The molecule has 0 aliphatic carbocycles. The summed E-state index contributed by atoms with van der Waals surface area (Å²) in [6.45, 7) is 1.02. The average Bonchev–Trinajstić information content (AvgIpc) is 2.90. The van der Waals surface area contributed by atoms with E-state index in [9.17, 15) is 0 Å². The SMILES string of the molecule is COc1ccc(C#CCN)c(Cn2cccn2)c1. The summed E-state index contributed by atoms with van der Waals surface area (Å²) in [7, 11) is 1.65. The normalized spacial score (nSPS) is 9.67. The van der Waals surface area contributed by atoms with Crippen molar-refractivity contribution in [3.63, 3.8) is 0 Å². The molecule has 0 spiro atoms. The molecule has 4 heteroatoms. The van der Waals surface area contributed by atoms with Crippen LogP contribution in [0.1, 0.15) is 11.1 Å². The molecular formula is C14H15N3O. The second-order valence-electron chi connectivity index (χ2n) is 3.73. The Labute approximate surface area is 106 Å². The lowest BCUT2D eigenvalue weighted by Crippen LogP contribution is -2.03. The molecule has 92 valence electrons. The number of ether oxygens (including phenoxy) is 1. The molecule has 2 rings (SSSR count). The van der Waals surface area contributed by atoms with Gasteiger partial charge in [-0.1, -0.05) is 11.8 Å². The highest BCUT2D eigenvalue weighted by Crippen LogP contribution is 2.18. The van der Waals surface area contributed by atoms with E-state index in [1.807, 2.05) is 35.1 Å². The Morgan fingerprint density at radius 3 is 3.00 bits per heavy atom. The highest BCUT2D eigenvalue weighted by molar-refractivity contribution is 5.45. The number of hydrogen-bond donors (Lipinski definition) is 1. The fourth-order valence-corrected chi connectivity index (χ4v) is 1.66. The van der Waals surface area contributed by atoms with Gasteiger partial charge >= 0.3 is 0 Å². The Bertz CT molecular complexity index is 564. The van der Waals surface area contributed by atoms with E-state index >= 15 is 0 Å². The van der Waals surface area contributed by atoms with Crippen molar-refractivity contribution in [3.8, 4) is 17.6 Å². The van der Waals surface area contributed by atoms with Crippen LogP contribution in [-0.4, -0.2) is 23.4 Å². The molecular weight excluding hydrogens is 226 g/mol. The monoisotopic (exact) mass is 241 g/mol. The Hall–Kier alpha value is -2.25. The predicted octanol–water partition coefficient (Wildman–Crippen LogP) is 1.25. The molecule has 0 radical (unpaired) electrons. The van der Waals surface area contributed by atoms with E-state index in [2.05, 4.69) is 16.9 Å². The number of nitrogens with zero attached hydrogens (tertiary/aromatic N) is 2. The molecule has 1 aromatic heterocycles. The molecule has 2 N–H and O–H groups in total. The van der Waals surface area contributed by atoms with Crippen LogP contribution in [0.2, 0.25) is 0 Å². The van der Waals surface area contributed by atoms with E-state index in [4.69, 9.17) is 10.5 Å². The Balaban J connectivity index is 2.34. The summed E-state index contributed by atoms with van der Waals surface area (Å²) >= 11 is 0. The third-order valence-electron chi connectivity index (χ3n) is 2.53. The molecule has 1 aromatic carbocycles. The molecule has 0 atom stereocenters. The highest BCUT2D eigenvalue weighted by Gasteiger charge is 2.04. The minimum absolute atomic E-state index is 0.354. The van der Waals surface area contributed by atoms with Crippen molar-refractivity contribution in [1.29, 1.82) is 0 Å². The third kappa shape index (κ3) is 2.90. The standard InChI is InChI=1S/C14H15N3O/c1-18-14-6-5-12(4-2-7-15)13(10-14)11-17-9-3-8-16-17/h3,5-6,8-10H,7,11,15H2,1H3. The fourth-order valence-electron chi connectivity index (χ4n) is 1.66. The van der Waals surface area contributed by atoms with Gasteiger partial charge in [0.05, 0.1) is 20.2 Å². The first-order chi connectivity index (χ1) is 8.83. The molecule has 4 nitrogen and oxygen atoms in total. The van der Waals surface area contributed by atoms with Gasteiger partial charge in [-0.05, 0) is 29.8 Å². The molecule has 2 aromatic rings. The van der Waals surface area contributed by atoms with Crippen molar-refractivity contribution in [3.05, 3.63) is 47.8 Å². The van der Waals surface area contributed by atoms with Crippen LogP contribution >= 0.6 is 0 Å². The number of benzene rings is 1. The maximum Gasteiger partial charge on any atom is 0.119 e. The largest absolute Gasteiger partial charge is 0.497 e. The predicted molar refractivity (Wildman–Crippen MR) is 70.3 cm³/mol. The van der Waals surface area contributed by atoms with Gasteiger partial charge in [-0.2, -0.15) is 5.10 Å². The van der Waals surface area contributed by atoms with E-state index in [1.165, 1.54) is 0 Å². The maximum atomic E-state index is 5.40. The molecule has 0 aliphatic rings. The van der Waals surface area contributed by atoms with Crippen molar-refractivity contribution in [2.45, 2.75) is 6.54 Å². The van der Waals surface area contributed by atoms with Crippen molar-refractivity contribution in [2.24, 2.45) is 5.73 Å². The van der Waals surface area contributed by atoms with Gasteiger partial charge in [0.2, 0.25) is 0 Å². The van der Waals surface area contributed by atoms with Crippen LogP contribution in [-0.2, 0) is 6.54 Å². The molecule has 0 saturated carbocycles. The van der Waals surface area contributed by atoms with Gasteiger partial charge in [-0.15, -0.1) is 0 Å².